The maximum Gasteiger partial charge on any atom is 0.325 e. The van der Waals surface area contributed by atoms with Gasteiger partial charge in [-0.3, -0.25) is 14.5 Å². The maximum atomic E-state index is 12.4. The molecule has 1 aliphatic rings. The summed E-state index contributed by atoms with van der Waals surface area (Å²) in [6, 6.07) is -0.477. The highest BCUT2D eigenvalue weighted by Crippen LogP contribution is 2.24. The molecule has 2 N–H and O–H groups in total. The Bertz CT molecular complexity index is 434. The smallest absolute Gasteiger partial charge is 0.325 e. The number of amides is 4. The van der Waals surface area contributed by atoms with Crippen LogP contribution in [0.5, 0.6) is 0 Å². The Morgan fingerprint density at radius 2 is 1.77 bits per heavy atom. The molecule has 22 heavy (non-hydrogen) atoms. The Kier molecular flexibility index (Phi) is 6.38. The molecule has 1 aliphatic heterocycles. The third-order valence-corrected chi connectivity index (χ3v) is 3.91. The highest BCUT2D eigenvalue weighted by molar-refractivity contribution is 6.08. The quantitative estimate of drug-likeness (QED) is 0.672. The lowest BCUT2D eigenvalue weighted by Gasteiger charge is -2.22. The van der Waals surface area contributed by atoms with Crippen molar-refractivity contribution in [3.05, 3.63) is 0 Å². The van der Waals surface area contributed by atoms with Crippen LogP contribution < -0.4 is 10.6 Å². The fraction of sp³-hybridized carbons (Fsp3) is 0.812. The highest BCUT2D eigenvalue weighted by Gasteiger charge is 2.47. The van der Waals surface area contributed by atoms with Gasteiger partial charge in [-0.2, -0.15) is 0 Å². The van der Waals surface area contributed by atoms with Crippen molar-refractivity contribution >= 4 is 17.8 Å². The average molecular weight is 311 g/mol. The zero-order valence-corrected chi connectivity index (χ0v) is 14.4. The van der Waals surface area contributed by atoms with Gasteiger partial charge >= 0.3 is 6.03 Å². The van der Waals surface area contributed by atoms with Crippen molar-refractivity contribution in [2.75, 3.05) is 13.1 Å². The summed E-state index contributed by atoms with van der Waals surface area (Å²) in [7, 11) is 0. The summed E-state index contributed by atoms with van der Waals surface area (Å²) in [6.07, 6.45) is 2.30. The predicted molar refractivity (Wildman–Crippen MR) is 85.2 cm³/mol. The van der Waals surface area contributed by atoms with Crippen LogP contribution in [0.15, 0.2) is 0 Å². The lowest BCUT2D eigenvalue weighted by Crippen LogP contribution is -2.45. The molecular formula is C16H29N3O3. The zero-order valence-electron chi connectivity index (χ0n) is 14.4. The van der Waals surface area contributed by atoms with Gasteiger partial charge in [0.1, 0.15) is 12.1 Å². The molecule has 0 aromatic heterocycles. The molecular weight excluding hydrogens is 282 g/mol. The number of carbonyl (C=O) groups is 3. The number of hydrogen-bond acceptors (Lipinski definition) is 3. The van der Waals surface area contributed by atoms with E-state index in [1.165, 1.54) is 0 Å². The molecule has 0 aliphatic carbocycles. The van der Waals surface area contributed by atoms with Crippen LogP contribution in [0.3, 0.4) is 0 Å². The standard InChI is InChI=1S/C16H29N3O3/c1-11(2)6-8-16(5)14(21)19(15(22)18-16)10-13(20)17-9-7-12(3)4/h11-12H,6-10H2,1-5H3,(H,17,20)(H,18,22)/t16-/m0/s1. The van der Waals surface area contributed by atoms with Crippen LogP contribution in [0.4, 0.5) is 4.79 Å². The third kappa shape index (κ3) is 5.00. The molecule has 6 nitrogen and oxygen atoms in total. The predicted octanol–water partition coefficient (Wildman–Crippen LogP) is 1.90. The molecule has 0 bridgehead atoms. The van der Waals surface area contributed by atoms with Crippen LogP contribution in [0.2, 0.25) is 0 Å². The van der Waals surface area contributed by atoms with Gasteiger partial charge < -0.3 is 10.6 Å². The first-order chi connectivity index (χ1) is 10.2. The first-order valence-electron chi connectivity index (χ1n) is 8.06. The SMILES string of the molecule is CC(C)CCNC(=O)CN1C(=O)N[C@@](C)(CCC(C)C)C1=O. The average Bonchev–Trinajstić information content (AvgIpc) is 2.60. The van der Waals surface area contributed by atoms with Gasteiger partial charge in [0.05, 0.1) is 0 Å². The summed E-state index contributed by atoms with van der Waals surface area (Å²) >= 11 is 0. The molecule has 0 radical (unpaired) electrons. The Morgan fingerprint density at radius 3 is 2.32 bits per heavy atom. The molecule has 0 aromatic rings. The van der Waals surface area contributed by atoms with Crippen molar-refractivity contribution in [2.45, 2.75) is 59.4 Å². The van der Waals surface area contributed by atoms with Crippen LogP contribution in [-0.4, -0.2) is 41.4 Å². The van der Waals surface area contributed by atoms with Crippen LogP contribution >= 0.6 is 0 Å². The minimum Gasteiger partial charge on any atom is -0.355 e. The molecule has 126 valence electrons. The first-order valence-corrected chi connectivity index (χ1v) is 8.06. The Hall–Kier alpha value is -1.59. The normalized spacial score (nSPS) is 21.7. The Labute approximate surface area is 133 Å². The lowest BCUT2D eigenvalue weighted by atomic mass is 9.92. The van der Waals surface area contributed by atoms with Gasteiger partial charge in [0.25, 0.3) is 5.91 Å². The number of hydrogen-bond donors (Lipinski definition) is 2. The largest absolute Gasteiger partial charge is 0.355 e. The molecule has 1 saturated heterocycles. The highest BCUT2D eigenvalue weighted by atomic mass is 16.2. The molecule has 1 atom stereocenters. The molecule has 1 fully saturated rings. The number of nitrogens with one attached hydrogen (secondary N) is 2. The van der Waals surface area contributed by atoms with E-state index in [0.29, 0.717) is 24.8 Å². The second-order valence-electron chi connectivity index (χ2n) is 7.12. The van der Waals surface area contributed by atoms with Crippen molar-refractivity contribution in [3.8, 4) is 0 Å². The maximum absolute atomic E-state index is 12.4. The molecule has 4 amide bonds. The first kappa shape index (κ1) is 18.5. The number of urea groups is 1. The van der Waals surface area contributed by atoms with E-state index in [0.717, 1.165) is 17.7 Å². The number of carbonyl (C=O) groups excluding carboxylic acids is 3. The van der Waals surface area contributed by atoms with E-state index in [-0.39, 0.29) is 18.4 Å². The molecule has 0 spiro atoms. The fourth-order valence-corrected chi connectivity index (χ4v) is 2.34. The van der Waals surface area contributed by atoms with Crippen molar-refractivity contribution in [2.24, 2.45) is 11.8 Å². The number of rotatable bonds is 8. The second-order valence-corrected chi connectivity index (χ2v) is 7.12. The summed E-state index contributed by atoms with van der Waals surface area (Å²) in [5, 5.41) is 5.47. The number of nitrogens with zero attached hydrogens (tertiary/aromatic N) is 1. The minimum atomic E-state index is -0.889. The summed E-state index contributed by atoms with van der Waals surface area (Å²) < 4.78 is 0. The summed E-state index contributed by atoms with van der Waals surface area (Å²) in [5.41, 5.74) is -0.889. The van der Waals surface area contributed by atoms with E-state index >= 15 is 0 Å². The van der Waals surface area contributed by atoms with E-state index in [4.69, 9.17) is 0 Å². The molecule has 0 unspecified atom stereocenters. The molecule has 0 saturated carbocycles. The van der Waals surface area contributed by atoms with Gasteiger partial charge in [-0.25, -0.2) is 4.79 Å². The van der Waals surface area contributed by atoms with E-state index in [2.05, 4.69) is 38.3 Å². The van der Waals surface area contributed by atoms with Crippen LogP contribution in [0, 0.1) is 11.8 Å². The van der Waals surface area contributed by atoms with Gasteiger partial charge in [0, 0.05) is 6.54 Å². The van der Waals surface area contributed by atoms with Crippen LogP contribution in [0.25, 0.3) is 0 Å². The fourth-order valence-electron chi connectivity index (χ4n) is 2.34. The Balaban J connectivity index is 2.55. The number of imide groups is 1. The zero-order chi connectivity index (χ0) is 16.9. The van der Waals surface area contributed by atoms with Crippen molar-refractivity contribution in [1.82, 2.24) is 15.5 Å². The molecule has 1 rings (SSSR count). The molecule has 6 heteroatoms. The van der Waals surface area contributed by atoms with Crippen molar-refractivity contribution in [3.63, 3.8) is 0 Å². The van der Waals surface area contributed by atoms with E-state index in [9.17, 15) is 14.4 Å². The topological polar surface area (TPSA) is 78.5 Å². The van der Waals surface area contributed by atoms with Crippen LogP contribution in [-0.2, 0) is 9.59 Å². The van der Waals surface area contributed by atoms with Gasteiger partial charge in [-0.15, -0.1) is 0 Å². The summed E-state index contributed by atoms with van der Waals surface area (Å²) in [6.45, 7) is 10.4. The Morgan fingerprint density at radius 1 is 1.18 bits per heavy atom. The third-order valence-electron chi connectivity index (χ3n) is 3.91. The van der Waals surface area contributed by atoms with E-state index < -0.39 is 11.6 Å². The van der Waals surface area contributed by atoms with Gasteiger partial charge in [-0.05, 0) is 38.0 Å². The monoisotopic (exact) mass is 311 g/mol. The summed E-state index contributed by atoms with van der Waals surface area (Å²) in [4.78, 5) is 37.3. The van der Waals surface area contributed by atoms with Crippen molar-refractivity contribution in [1.29, 1.82) is 0 Å². The second kappa shape index (κ2) is 7.61. The van der Waals surface area contributed by atoms with E-state index in [1.807, 2.05) is 0 Å². The van der Waals surface area contributed by atoms with Gasteiger partial charge in [-0.1, -0.05) is 27.7 Å². The minimum absolute atomic E-state index is 0.208. The molecule has 1 heterocycles. The van der Waals surface area contributed by atoms with E-state index in [1.54, 1.807) is 6.92 Å². The van der Waals surface area contributed by atoms with Crippen LogP contribution in [0.1, 0.15) is 53.9 Å². The molecule has 0 aromatic carbocycles. The van der Waals surface area contributed by atoms with Crippen molar-refractivity contribution < 1.29 is 14.4 Å². The lowest BCUT2D eigenvalue weighted by molar-refractivity contribution is -0.134. The summed E-state index contributed by atoms with van der Waals surface area (Å²) in [5.74, 6) is 0.348. The van der Waals surface area contributed by atoms with Gasteiger partial charge in [0.15, 0.2) is 0 Å². The van der Waals surface area contributed by atoms with Gasteiger partial charge in [0.2, 0.25) is 5.91 Å².